The van der Waals surface area contributed by atoms with Gasteiger partial charge in [-0.25, -0.2) is 0 Å². The van der Waals surface area contributed by atoms with Crippen LogP contribution in [0.2, 0.25) is 0 Å². The first-order chi connectivity index (χ1) is 9.76. The Hall–Kier alpha value is -1.57. The first-order valence-electron chi connectivity index (χ1n) is 6.81. The van der Waals surface area contributed by atoms with E-state index in [2.05, 4.69) is 5.16 Å². The quantitative estimate of drug-likeness (QED) is 0.858. The predicted molar refractivity (Wildman–Crippen MR) is 69.0 cm³/mol. The largest absolute Gasteiger partial charge is 0.401 e. The Bertz CT molecular complexity index is 491. The molecule has 1 amide bonds. The minimum atomic E-state index is -4.20. The topological polar surface area (TPSA) is 49.6 Å². The van der Waals surface area contributed by atoms with Crippen molar-refractivity contribution in [3.8, 4) is 0 Å². The lowest BCUT2D eigenvalue weighted by molar-refractivity contribution is -0.148. The van der Waals surface area contributed by atoms with Crippen LogP contribution < -0.4 is 0 Å². The molecule has 0 radical (unpaired) electrons. The third kappa shape index (κ3) is 4.20. The Balaban J connectivity index is 1.90. The molecule has 0 aromatic carbocycles. The van der Waals surface area contributed by atoms with Crippen molar-refractivity contribution in [3.05, 3.63) is 17.5 Å². The summed E-state index contributed by atoms with van der Waals surface area (Å²) in [4.78, 5) is 15.0. The Labute approximate surface area is 120 Å². The van der Waals surface area contributed by atoms with Crippen LogP contribution in [0.5, 0.6) is 0 Å². The third-order valence-electron chi connectivity index (χ3n) is 3.38. The zero-order valence-electron chi connectivity index (χ0n) is 12.0. The van der Waals surface area contributed by atoms with Gasteiger partial charge in [-0.05, 0) is 0 Å². The highest BCUT2D eigenvalue weighted by molar-refractivity contribution is 5.92. The summed E-state index contributed by atoms with van der Waals surface area (Å²) in [5.74, 6) is 0.453. The Morgan fingerprint density at radius 1 is 1.33 bits per heavy atom. The normalized spacial score (nSPS) is 17.5. The molecule has 1 fully saturated rings. The number of hydrogen-bond donors (Lipinski definition) is 0. The molecule has 1 aliphatic heterocycles. The highest BCUT2D eigenvalue weighted by Crippen LogP contribution is 2.19. The molecular weight excluding hydrogens is 287 g/mol. The number of piperazine rings is 1. The molecule has 1 aromatic heterocycles. The van der Waals surface area contributed by atoms with Crippen LogP contribution in [0.4, 0.5) is 13.2 Å². The second-order valence-electron chi connectivity index (χ2n) is 5.45. The van der Waals surface area contributed by atoms with Crippen molar-refractivity contribution in [1.29, 1.82) is 0 Å². The molecule has 0 bridgehead atoms. The molecule has 8 heteroatoms. The number of aromatic nitrogens is 1. The number of amides is 1. The maximum atomic E-state index is 12.3. The number of halogens is 3. The summed E-state index contributed by atoms with van der Waals surface area (Å²) in [5, 5.41) is 3.73. The van der Waals surface area contributed by atoms with E-state index in [1.807, 2.05) is 13.8 Å². The van der Waals surface area contributed by atoms with Gasteiger partial charge in [0.1, 0.15) is 5.76 Å². The molecular formula is C13H18F3N3O2. The fourth-order valence-electron chi connectivity index (χ4n) is 2.19. The Morgan fingerprint density at radius 3 is 2.43 bits per heavy atom. The number of carbonyl (C=O) groups is 1. The van der Waals surface area contributed by atoms with E-state index in [1.54, 1.807) is 6.07 Å². The third-order valence-corrected chi connectivity index (χ3v) is 3.38. The summed E-state index contributed by atoms with van der Waals surface area (Å²) < 4.78 is 42.0. The lowest BCUT2D eigenvalue weighted by Crippen LogP contribution is -2.51. The maximum Gasteiger partial charge on any atom is 0.401 e. The summed E-state index contributed by atoms with van der Waals surface area (Å²) in [6, 6.07) is 1.59. The molecule has 2 rings (SSSR count). The molecule has 0 saturated carbocycles. The molecule has 0 aliphatic carbocycles. The predicted octanol–water partition coefficient (Wildman–Crippen LogP) is 2.12. The molecule has 118 valence electrons. The van der Waals surface area contributed by atoms with E-state index in [0.717, 1.165) is 0 Å². The van der Waals surface area contributed by atoms with E-state index < -0.39 is 12.7 Å². The minimum Gasteiger partial charge on any atom is -0.360 e. The summed E-state index contributed by atoms with van der Waals surface area (Å²) >= 11 is 0. The van der Waals surface area contributed by atoms with Gasteiger partial charge in [0.25, 0.3) is 5.91 Å². The van der Waals surface area contributed by atoms with Crippen LogP contribution >= 0.6 is 0 Å². The molecule has 21 heavy (non-hydrogen) atoms. The highest BCUT2D eigenvalue weighted by Gasteiger charge is 2.33. The second-order valence-corrected chi connectivity index (χ2v) is 5.45. The van der Waals surface area contributed by atoms with E-state index >= 15 is 0 Å². The summed E-state index contributed by atoms with van der Waals surface area (Å²) in [7, 11) is 0. The van der Waals surface area contributed by atoms with E-state index in [0.29, 0.717) is 5.76 Å². The molecule has 1 aliphatic rings. The molecule has 5 nitrogen and oxygen atoms in total. The maximum absolute atomic E-state index is 12.3. The average molecular weight is 305 g/mol. The van der Waals surface area contributed by atoms with Crippen LogP contribution in [0.1, 0.15) is 36.0 Å². The fraction of sp³-hybridized carbons (Fsp3) is 0.692. The molecule has 1 aromatic rings. The fourth-order valence-corrected chi connectivity index (χ4v) is 2.19. The summed E-state index contributed by atoms with van der Waals surface area (Å²) in [5.41, 5.74) is 0.211. The van der Waals surface area contributed by atoms with Crippen molar-refractivity contribution < 1.29 is 22.5 Å². The molecule has 1 saturated heterocycles. The van der Waals surface area contributed by atoms with E-state index in [4.69, 9.17) is 4.52 Å². The van der Waals surface area contributed by atoms with Gasteiger partial charge >= 0.3 is 6.18 Å². The molecule has 0 spiro atoms. The van der Waals surface area contributed by atoms with E-state index in [1.165, 1.54) is 9.80 Å². The minimum absolute atomic E-state index is 0.127. The van der Waals surface area contributed by atoms with Gasteiger partial charge in [0.05, 0.1) is 6.54 Å². The molecule has 0 N–H and O–H groups in total. The van der Waals surface area contributed by atoms with Gasteiger partial charge in [-0.3, -0.25) is 9.69 Å². The van der Waals surface area contributed by atoms with E-state index in [-0.39, 0.29) is 43.7 Å². The smallest absolute Gasteiger partial charge is 0.360 e. The molecule has 2 heterocycles. The van der Waals surface area contributed by atoms with Crippen LogP contribution in [0, 0.1) is 0 Å². The summed E-state index contributed by atoms with van der Waals surface area (Å²) in [6.07, 6.45) is -4.20. The van der Waals surface area contributed by atoms with Crippen molar-refractivity contribution in [2.45, 2.75) is 25.9 Å². The number of rotatable bonds is 3. The van der Waals surface area contributed by atoms with Crippen molar-refractivity contribution in [3.63, 3.8) is 0 Å². The Morgan fingerprint density at radius 2 is 1.95 bits per heavy atom. The van der Waals surface area contributed by atoms with Crippen molar-refractivity contribution in [2.24, 2.45) is 0 Å². The van der Waals surface area contributed by atoms with Crippen molar-refractivity contribution in [2.75, 3.05) is 32.7 Å². The van der Waals surface area contributed by atoms with Gasteiger partial charge < -0.3 is 9.42 Å². The Kier molecular flexibility index (Phi) is 4.55. The first-order valence-corrected chi connectivity index (χ1v) is 6.81. The van der Waals surface area contributed by atoms with Crippen LogP contribution in [0.15, 0.2) is 10.6 Å². The number of alkyl halides is 3. The van der Waals surface area contributed by atoms with Gasteiger partial charge in [0.2, 0.25) is 0 Å². The van der Waals surface area contributed by atoms with Crippen molar-refractivity contribution in [1.82, 2.24) is 15.0 Å². The van der Waals surface area contributed by atoms with Gasteiger partial charge in [-0.2, -0.15) is 13.2 Å². The van der Waals surface area contributed by atoms with Gasteiger partial charge in [-0.1, -0.05) is 19.0 Å². The summed E-state index contributed by atoms with van der Waals surface area (Å²) in [6.45, 7) is 3.85. The number of hydrogen-bond acceptors (Lipinski definition) is 4. The monoisotopic (exact) mass is 305 g/mol. The molecule has 0 unspecified atom stereocenters. The van der Waals surface area contributed by atoms with Crippen LogP contribution in [-0.2, 0) is 0 Å². The van der Waals surface area contributed by atoms with Crippen LogP contribution in [0.3, 0.4) is 0 Å². The second kappa shape index (κ2) is 6.05. The van der Waals surface area contributed by atoms with Crippen LogP contribution in [-0.4, -0.2) is 59.8 Å². The zero-order chi connectivity index (χ0) is 15.6. The standard InChI is InChI=1S/C13H18F3N3O2/c1-9(2)11-7-10(17-21-11)12(20)19-5-3-18(4-6-19)8-13(14,15)16/h7,9H,3-6,8H2,1-2H3. The lowest BCUT2D eigenvalue weighted by Gasteiger charge is -2.34. The SMILES string of the molecule is CC(C)c1cc(C(=O)N2CCN(CC(F)(F)F)CC2)no1. The highest BCUT2D eigenvalue weighted by atomic mass is 19.4. The van der Waals surface area contributed by atoms with Gasteiger partial charge in [-0.15, -0.1) is 0 Å². The van der Waals surface area contributed by atoms with Crippen LogP contribution in [0.25, 0.3) is 0 Å². The zero-order valence-corrected chi connectivity index (χ0v) is 12.0. The number of carbonyl (C=O) groups excluding carboxylic acids is 1. The van der Waals surface area contributed by atoms with Crippen molar-refractivity contribution >= 4 is 5.91 Å². The average Bonchev–Trinajstić information content (AvgIpc) is 2.86. The molecule has 0 atom stereocenters. The van der Waals surface area contributed by atoms with E-state index in [9.17, 15) is 18.0 Å². The number of nitrogens with zero attached hydrogens (tertiary/aromatic N) is 3. The van der Waals surface area contributed by atoms with Gasteiger partial charge in [0, 0.05) is 38.2 Å². The van der Waals surface area contributed by atoms with Gasteiger partial charge in [0.15, 0.2) is 5.69 Å². The lowest BCUT2D eigenvalue weighted by atomic mass is 10.1. The first kappa shape index (κ1) is 15.8.